The van der Waals surface area contributed by atoms with Crippen molar-refractivity contribution in [2.24, 2.45) is 0 Å². The Labute approximate surface area is 98.1 Å². The number of carboxylic acid groups (broad SMARTS) is 1. The molecule has 0 aliphatic heterocycles. The minimum absolute atomic E-state index is 0.0827. The lowest BCUT2D eigenvalue weighted by Gasteiger charge is -1.91. The van der Waals surface area contributed by atoms with Crippen LogP contribution in [-0.4, -0.2) is 16.1 Å². The van der Waals surface area contributed by atoms with Crippen molar-refractivity contribution in [3.05, 3.63) is 29.5 Å². The van der Waals surface area contributed by atoms with E-state index < -0.39 is 5.97 Å². The smallest absolute Gasteiger partial charge is 0.373 e. The number of nitrogens with zero attached hydrogens (tertiary/aromatic N) is 1. The van der Waals surface area contributed by atoms with Gasteiger partial charge in [0, 0.05) is 0 Å². The predicted molar refractivity (Wildman–Crippen MR) is 59.9 cm³/mol. The summed E-state index contributed by atoms with van der Waals surface area (Å²) in [7, 11) is 0. The average molecular weight is 235 g/mol. The van der Waals surface area contributed by atoms with E-state index in [1.807, 2.05) is 6.92 Å². The minimum Gasteiger partial charge on any atom is -0.475 e. The van der Waals surface area contributed by atoms with Crippen molar-refractivity contribution in [2.75, 3.05) is 0 Å². The summed E-state index contributed by atoms with van der Waals surface area (Å²) >= 11 is 0. The highest BCUT2D eigenvalue weighted by Crippen LogP contribution is 2.24. The molecule has 0 saturated heterocycles. The Bertz CT molecular complexity index is 538. The number of carbonyl (C=O) groups is 1. The zero-order valence-corrected chi connectivity index (χ0v) is 9.69. The van der Waals surface area contributed by atoms with Crippen LogP contribution >= 0.6 is 0 Å². The number of aromatic carboxylic acids is 1. The van der Waals surface area contributed by atoms with Gasteiger partial charge in [0.25, 0.3) is 0 Å². The number of aryl methyl sites for hydroxylation is 2. The molecule has 0 atom stereocenters. The molecule has 0 bridgehead atoms. The Hall–Kier alpha value is -2.04. The van der Waals surface area contributed by atoms with Crippen LogP contribution in [0.25, 0.3) is 11.5 Å². The first-order chi connectivity index (χ1) is 8.11. The van der Waals surface area contributed by atoms with Crippen LogP contribution in [0.15, 0.2) is 21.2 Å². The largest absolute Gasteiger partial charge is 0.475 e. The molecule has 2 aromatic heterocycles. The summed E-state index contributed by atoms with van der Waals surface area (Å²) in [6.45, 7) is 3.76. The van der Waals surface area contributed by atoms with Crippen LogP contribution in [-0.2, 0) is 6.42 Å². The van der Waals surface area contributed by atoms with Crippen molar-refractivity contribution in [2.45, 2.75) is 26.7 Å². The highest BCUT2D eigenvalue weighted by atomic mass is 16.4. The summed E-state index contributed by atoms with van der Waals surface area (Å²) in [6, 6.07) is 1.76. The van der Waals surface area contributed by atoms with Crippen LogP contribution in [0.5, 0.6) is 0 Å². The van der Waals surface area contributed by atoms with Gasteiger partial charge >= 0.3 is 5.97 Å². The lowest BCUT2D eigenvalue weighted by atomic mass is 10.2. The molecule has 5 nitrogen and oxygen atoms in total. The molecule has 0 saturated carbocycles. The van der Waals surface area contributed by atoms with E-state index in [2.05, 4.69) is 4.98 Å². The molecule has 0 aliphatic carbocycles. The van der Waals surface area contributed by atoms with Gasteiger partial charge in [-0.15, -0.1) is 0 Å². The number of hydrogen-bond acceptors (Lipinski definition) is 4. The first-order valence-corrected chi connectivity index (χ1v) is 5.40. The van der Waals surface area contributed by atoms with Crippen molar-refractivity contribution in [3.8, 4) is 11.5 Å². The molecule has 0 spiro atoms. The highest BCUT2D eigenvalue weighted by molar-refractivity contribution is 5.86. The van der Waals surface area contributed by atoms with E-state index >= 15 is 0 Å². The Kier molecular flexibility index (Phi) is 2.99. The van der Waals surface area contributed by atoms with Gasteiger partial charge in [-0.05, 0) is 19.4 Å². The van der Waals surface area contributed by atoms with Gasteiger partial charge in [-0.1, -0.05) is 13.3 Å². The molecule has 5 heteroatoms. The van der Waals surface area contributed by atoms with E-state index in [9.17, 15) is 4.79 Å². The van der Waals surface area contributed by atoms with Crippen LogP contribution in [0.4, 0.5) is 0 Å². The second-order valence-electron chi connectivity index (χ2n) is 3.80. The molecule has 0 aromatic carbocycles. The Morgan fingerprint density at radius 2 is 2.29 bits per heavy atom. The number of aromatic nitrogens is 1. The second kappa shape index (κ2) is 4.45. The minimum atomic E-state index is -1.09. The third-order valence-electron chi connectivity index (χ3n) is 2.36. The molecule has 2 rings (SSSR count). The Morgan fingerprint density at radius 3 is 2.82 bits per heavy atom. The van der Waals surface area contributed by atoms with Crippen LogP contribution in [0.2, 0.25) is 0 Å². The van der Waals surface area contributed by atoms with Crippen LogP contribution in [0, 0.1) is 6.92 Å². The van der Waals surface area contributed by atoms with Gasteiger partial charge in [0.2, 0.25) is 11.7 Å². The first kappa shape index (κ1) is 11.4. The molecule has 2 heterocycles. The molecule has 0 radical (unpaired) electrons. The zero-order valence-electron chi connectivity index (χ0n) is 9.69. The average Bonchev–Trinajstić information content (AvgIpc) is 2.85. The van der Waals surface area contributed by atoms with Crippen molar-refractivity contribution >= 4 is 5.97 Å². The fraction of sp³-hybridized carbons (Fsp3) is 0.333. The van der Waals surface area contributed by atoms with Crippen LogP contribution < -0.4 is 0 Å². The number of furan rings is 1. The maximum atomic E-state index is 11.0. The standard InChI is InChI=1S/C12H13NO4/c1-3-4-9-10(12(14)15)17-11(13-9)8-5-7(2)16-6-8/h5-6H,3-4H2,1-2H3,(H,14,15). The number of carboxylic acids is 1. The summed E-state index contributed by atoms with van der Waals surface area (Å²) in [6.07, 6.45) is 2.90. The van der Waals surface area contributed by atoms with Crippen molar-refractivity contribution in [1.29, 1.82) is 0 Å². The van der Waals surface area contributed by atoms with E-state index in [1.54, 1.807) is 13.0 Å². The fourth-order valence-corrected chi connectivity index (χ4v) is 1.60. The molecular weight excluding hydrogens is 222 g/mol. The second-order valence-corrected chi connectivity index (χ2v) is 3.80. The molecule has 0 aliphatic rings. The number of oxazole rings is 1. The number of hydrogen-bond donors (Lipinski definition) is 1. The van der Waals surface area contributed by atoms with E-state index in [-0.39, 0.29) is 5.76 Å². The van der Waals surface area contributed by atoms with Gasteiger partial charge in [-0.25, -0.2) is 9.78 Å². The topological polar surface area (TPSA) is 76.5 Å². The van der Waals surface area contributed by atoms with Gasteiger partial charge in [0.15, 0.2) is 0 Å². The molecule has 1 N–H and O–H groups in total. The molecule has 0 unspecified atom stereocenters. The van der Waals surface area contributed by atoms with Crippen LogP contribution in [0.3, 0.4) is 0 Å². The summed E-state index contributed by atoms with van der Waals surface area (Å²) in [5.74, 6) is -0.150. The highest BCUT2D eigenvalue weighted by Gasteiger charge is 2.20. The lowest BCUT2D eigenvalue weighted by molar-refractivity contribution is 0.0661. The lowest BCUT2D eigenvalue weighted by Crippen LogP contribution is -1.99. The van der Waals surface area contributed by atoms with Gasteiger partial charge < -0.3 is 13.9 Å². The van der Waals surface area contributed by atoms with Gasteiger partial charge in [0.1, 0.15) is 12.0 Å². The Morgan fingerprint density at radius 1 is 1.53 bits per heavy atom. The molecule has 90 valence electrons. The van der Waals surface area contributed by atoms with Crippen molar-refractivity contribution < 1.29 is 18.7 Å². The van der Waals surface area contributed by atoms with Crippen molar-refractivity contribution in [1.82, 2.24) is 4.98 Å². The van der Waals surface area contributed by atoms with E-state index in [4.69, 9.17) is 13.9 Å². The molecule has 0 fully saturated rings. The summed E-state index contributed by atoms with van der Waals surface area (Å²) in [5, 5.41) is 9.00. The van der Waals surface area contributed by atoms with E-state index in [1.165, 1.54) is 6.26 Å². The van der Waals surface area contributed by atoms with Gasteiger partial charge in [-0.3, -0.25) is 0 Å². The normalized spacial score (nSPS) is 10.7. The molecule has 2 aromatic rings. The fourth-order valence-electron chi connectivity index (χ4n) is 1.60. The summed E-state index contributed by atoms with van der Waals surface area (Å²) in [5.41, 5.74) is 1.14. The summed E-state index contributed by atoms with van der Waals surface area (Å²) < 4.78 is 10.4. The van der Waals surface area contributed by atoms with Crippen molar-refractivity contribution in [3.63, 3.8) is 0 Å². The molecular formula is C12H13NO4. The first-order valence-electron chi connectivity index (χ1n) is 5.40. The number of rotatable bonds is 4. The zero-order chi connectivity index (χ0) is 12.4. The maximum Gasteiger partial charge on any atom is 0.373 e. The van der Waals surface area contributed by atoms with Crippen LogP contribution in [0.1, 0.15) is 35.4 Å². The third kappa shape index (κ3) is 2.22. The predicted octanol–water partition coefficient (Wildman–Crippen LogP) is 2.89. The summed E-state index contributed by atoms with van der Waals surface area (Å²) in [4.78, 5) is 15.2. The van der Waals surface area contributed by atoms with Gasteiger partial charge in [0.05, 0.1) is 11.3 Å². The van der Waals surface area contributed by atoms with E-state index in [0.29, 0.717) is 23.6 Å². The molecule has 17 heavy (non-hydrogen) atoms. The Balaban J connectivity index is 2.43. The third-order valence-corrected chi connectivity index (χ3v) is 2.36. The quantitative estimate of drug-likeness (QED) is 0.881. The molecule has 0 amide bonds. The maximum absolute atomic E-state index is 11.0. The van der Waals surface area contributed by atoms with Gasteiger partial charge in [-0.2, -0.15) is 0 Å². The van der Waals surface area contributed by atoms with E-state index in [0.717, 1.165) is 12.2 Å². The monoisotopic (exact) mass is 235 g/mol. The SMILES string of the molecule is CCCc1nc(-c2coc(C)c2)oc1C(=O)O.